The van der Waals surface area contributed by atoms with Crippen LogP contribution in [0.2, 0.25) is 0 Å². The zero-order valence-electron chi connectivity index (χ0n) is 8.49. The van der Waals surface area contributed by atoms with Crippen LogP contribution in [0, 0.1) is 5.92 Å². The molecule has 1 unspecified atom stereocenters. The molecule has 6 heteroatoms. The number of aromatic nitrogens is 1. The standard InChI is InChI=1S/C10H11Br2N3O/c11-3-6-1-9(16)15(5-6)8-2-7(12)4-14-10(8)13/h2,4,6H,1,3,5H2,(H2,13,14). The Kier molecular flexibility index (Phi) is 3.49. The number of nitrogens with two attached hydrogens (primary N) is 1. The molecular formula is C10H11Br2N3O. The van der Waals surface area contributed by atoms with Gasteiger partial charge in [-0.05, 0) is 27.9 Å². The van der Waals surface area contributed by atoms with E-state index < -0.39 is 0 Å². The molecular weight excluding hydrogens is 338 g/mol. The quantitative estimate of drug-likeness (QED) is 0.833. The van der Waals surface area contributed by atoms with Crippen LogP contribution < -0.4 is 10.6 Å². The number of pyridine rings is 1. The highest BCUT2D eigenvalue weighted by molar-refractivity contribution is 9.10. The van der Waals surface area contributed by atoms with E-state index in [1.807, 2.05) is 6.07 Å². The molecule has 1 aliphatic heterocycles. The van der Waals surface area contributed by atoms with Gasteiger partial charge in [0.05, 0.1) is 5.69 Å². The number of carbonyl (C=O) groups is 1. The number of halogens is 2. The fraction of sp³-hybridized carbons (Fsp3) is 0.400. The van der Waals surface area contributed by atoms with Crippen LogP contribution in [0.4, 0.5) is 11.5 Å². The van der Waals surface area contributed by atoms with Gasteiger partial charge < -0.3 is 10.6 Å². The summed E-state index contributed by atoms with van der Waals surface area (Å²) in [5.74, 6) is 0.855. The van der Waals surface area contributed by atoms with Crippen molar-refractivity contribution >= 4 is 49.3 Å². The lowest BCUT2D eigenvalue weighted by atomic mass is 10.2. The first-order chi connectivity index (χ1) is 7.61. The maximum atomic E-state index is 11.8. The molecule has 0 aromatic carbocycles. The van der Waals surface area contributed by atoms with E-state index in [1.165, 1.54) is 0 Å². The molecule has 0 spiro atoms. The Hall–Kier alpha value is -0.620. The summed E-state index contributed by atoms with van der Waals surface area (Å²) in [7, 11) is 0. The van der Waals surface area contributed by atoms with Crippen molar-refractivity contribution in [3.63, 3.8) is 0 Å². The van der Waals surface area contributed by atoms with Crippen molar-refractivity contribution < 1.29 is 4.79 Å². The normalized spacial score (nSPS) is 20.5. The number of rotatable bonds is 2. The van der Waals surface area contributed by atoms with Gasteiger partial charge in [0.1, 0.15) is 5.82 Å². The van der Waals surface area contributed by atoms with Crippen LogP contribution in [-0.4, -0.2) is 22.8 Å². The topological polar surface area (TPSA) is 59.2 Å². The number of nitrogen functional groups attached to an aromatic ring is 1. The van der Waals surface area contributed by atoms with Gasteiger partial charge in [0.25, 0.3) is 0 Å². The minimum absolute atomic E-state index is 0.107. The molecule has 1 aliphatic rings. The maximum absolute atomic E-state index is 11.8. The molecule has 1 saturated heterocycles. The van der Waals surface area contributed by atoms with E-state index in [1.54, 1.807) is 11.1 Å². The maximum Gasteiger partial charge on any atom is 0.227 e. The summed E-state index contributed by atoms with van der Waals surface area (Å²) in [5.41, 5.74) is 6.48. The first-order valence-electron chi connectivity index (χ1n) is 4.89. The Morgan fingerprint density at radius 2 is 2.38 bits per heavy atom. The van der Waals surface area contributed by atoms with Crippen LogP contribution in [-0.2, 0) is 4.79 Å². The van der Waals surface area contributed by atoms with Gasteiger partial charge in [0, 0.05) is 29.0 Å². The van der Waals surface area contributed by atoms with E-state index in [4.69, 9.17) is 5.73 Å². The monoisotopic (exact) mass is 347 g/mol. The van der Waals surface area contributed by atoms with Crippen LogP contribution in [0.3, 0.4) is 0 Å². The fourth-order valence-corrected chi connectivity index (χ4v) is 2.53. The lowest BCUT2D eigenvalue weighted by Gasteiger charge is -2.18. The second-order valence-electron chi connectivity index (χ2n) is 3.79. The predicted molar refractivity (Wildman–Crippen MR) is 70.6 cm³/mol. The number of carbonyl (C=O) groups excluding carboxylic acids is 1. The summed E-state index contributed by atoms with van der Waals surface area (Å²) in [6, 6.07) is 1.83. The van der Waals surface area contributed by atoms with Crippen molar-refractivity contribution in [2.75, 3.05) is 22.5 Å². The Morgan fingerprint density at radius 3 is 3.00 bits per heavy atom. The molecule has 1 atom stereocenters. The SMILES string of the molecule is Nc1ncc(Br)cc1N1CC(CBr)CC1=O. The van der Waals surface area contributed by atoms with Gasteiger partial charge in [0.15, 0.2) is 0 Å². The molecule has 2 N–H and O–H groups in total. The third-order valence-electron chi connectivity index (χ3n) is 2.58. The molecule has 0 aliphatic carbocycles. The van der Waals surface area contributed by atoms with E-state index in [0.29, 0.717) is 30.4 Å². The number of amides is 1. The van der Waals surface area contributed by atoms with E-state index in [0.717, 1.165) is 9.80 Å². The molecule has 1 amide bonds. The highest BCUT2D eigenvalue weighted by Crippen LogP contribution is 2.31. The van der Waals surface area contributed by atoms with Crippen molar-refractivity contribution in [3.8, 4) is 0 Å². The van der Waals surface area contributed by atoms with E-state index in [2.05, 4.69) is 36.8 Å². The second kappa shape index (κ2) is 4.71. The van der Waals surface area contributed by atoms with E-state index >= 15 is 0 Å². The minimum atomic E-state index is 0.107. The van der Waals surface area contributed by atoms with Crippen molar-refractivity contribution in [1.29, 1.82) is 0 Å². The average Bonchev–Trinajstić information content (AvgIpc) is 2.63. The number of hydrogen-bond acceptors (Lipinski definition) is 3. The van der Waals surface area contributed by atoms with Gasteiger partial charge in [-0.3, -0.25) is 4.79 Å². The Balaban J connectivity index is 2.30. The number of nitrogens with zero attached hydrogens (tertiary/aromatic N) is 2. The van der Waals surface area contributed by atoms with Gasteiger partial charge in [-0.1, -0.05) is 15.9 Å². The zero-order valence-corrected chi connectivity index (χ0v) is 11.7. The minimum Gasteiger partial charge on any atom is -0.382 e. The predicted octanol–water partition coefficient (Wildman–Crippen LogP) is 2.17. The highest BCUT2D eigenvalue weighted by atomic mass is 79.9. The molecule has 1 fully saturated rings. The van der Waals surface area contributed by atoms with Gasteiger partial charge in [-0.2, -0.15) is 0 Å². The zero-order chi connectivity index (χ0) is 11.7. The fourth-order valence-electron chi connectivity index (χ4n) is 1.77. The second-order valence-corrected chi connectivity index (χ2v) is 5.35. The Labute approximate surface area is 110 Å². The average molecular weight is 349 g/mol. The van der Waals surface area contributed by atoms with Crippen LogP contribution in [0.15, 0.2) is 16.7 Å². The summed E-state index contributed by atoms with van der Waals surface area (Å²) in [6.07, 6.45) is 2.19. The van der Waals surface area contributed by atoms with Crippen LogP contribution in [0.5, 0.6) is 0 Å². The molecule has 2 rings (SSSR count). The largest absolute Gasteiger partial charge is 0.382 e. The molecule has 2 heterocycles. The molecule has 4 nitrogen and oxygen atoms in total. The summed E-state index contributed by atoms with van der Waals surface area (Å²) < 4.78 is 0.826. The first-order valence-corrected chi connectivity index (χ1v) is 6.80. The Bertz CT molecular complexity index is 425. The van der Waals surface area contributed by atoms with Crippen molar-refractivity contribution in [2.24, 2.45) is 5.92 Å². The summed E-state index contributed by atoms with van der Waals surface area (Å²) in [6.45, 7) is 0.701. The number of alkyl halides is 1. The summed E-state index contributed by atoms with van der Waals surface area (Å²) >= 11 is 6.73. The third kappa shape index (κ3) is 2.22. The highest BCUT2D eigenvalue weighted by Gasteiger charge is 2.31. The van der Waals surface area contributed by atoms with Gasteiger partial charge in [-0.25, -0.2) is 4.98 Å². The third-order valence-corrected chi connectivity index (χ3v) is 3.93. The van der Waals surface area contributed by atoms with E-state index in [9.17, 15) is 4.79 Å². The van der Waals surface area contributed by atoms with Crippen LogP contribution >= 0.6 is 31.9 Å². The van der Waals surface area contributed by atoms with Crippen molar-refractivity contribution in [3.05, 3.63) is 16.7 Å². The van der Waals surface area contributed by atoms with Crippen molar-refractivity contribution in [2.45, 2.75) is 6.42 Å². The lowest BCUT2D eigenvalue weighted by molar-refractivity contribution is -0.117. The molecule has 1 aromatic rings. The molecule has 1 aromatic heterocycles. The first kappa shape index (κ1) is 11.9. The molecule has 0 saturated carbocycles. The lowest BCUT2D eigenvalue weighted by Crippen LogP contribution is -2.26. The van der Waals surface area contributed by atoms with Gasteiger partial charge in [-0.15, -0.1) is 0 Å². The molecule has 0 bridgehead atoms. The Morgan fingerprint density at radius 1 is 1.62 bits per heavy atom. The summed E-state index contributed by atoms with van der Waals surface area (Å²) in [4.78, 5) is 17.6. The smallest absolute Gasteiger partial charge is 0.227 e. The van der Waals surface area contributed by atoms with Crippen LogP contribution in [0.25, 0.3) is 0 Å². The van der Waals surface area contributed by atoms with E-state index in [-0.39, 0.29) is 5.91 Å². The molecule has 16 heavy (non-hydrogen) atoms. The molecule has 0 radical (unpaired) electrons. The van der Waals surface area contributed by atoms with Crippen molar-refractivity contribution in [1.82, 2.24) is 4.98 Å². The number of anilines is 2. The molecule has 86 valence electrons. The summed E-state index contributed by atoms with van der Waals surface area (Å²) in [5, 5.41) is 0.830. The number of hydrogen-bond donors (Lipinski definition) is 1. The van der Waals surface area contributed by atoms with Gasteiger partial charge in [0.2, 0.25) is 5.91 Å². The van der Waals surface area contributed by atoms with Gasteiger partial charge >= 0.3 is 0 Å². The van der Waals surface area contributed by atoms with Crippen LogP contribution in [0.1, 0.15) is 6.42 Å².